The van der Waals surface area contributed by atoms with E-state index in [-0.39, 0.29) is 12.4 Å². The van der Waals surface area contributed by atoms with Gasteiger partial charge in [-0.15, -0.1) is 0 Å². The molecule has 0 amide bonds. The summed E-state index contributed by atoms with van der Waals surface area (Å²) in [5, 5.41) is 10.8. The third-order valence-corrected chi connectivity index (χ3v) is 4.04. The lowest BCUT2D eigenvalue weighted by Crippen LogP contribution is -2.37. The molecule has 2 heterocycles. The molecule has 0 aliphatic rings. The molecule has 0 aromatic carbocycles. The number of pyridine rings is 1. The summed E-state index contributed by atoms with van der Waals surface area (Å²) >= 11 is 0. The van der Waals surface area contributed by atoms with Gasteiger partial charge in [-0.2, -0.15) is 18.3 Å². The molecule has 0 saturated heterocycles. The number of rotatable bonds is 7. The van der Waals surface area contributed by atoms with Gasteiger partial charge >= 0.3 is 6.18 Å². The normalized spacial score (nSPS) is 12.2. The van der Waals surface area contributed by atoms with Crippen LogP contribution in [-0.4, -0.2) is 40.1 Å². The number of aryl methyl sites for hydroxylation is 2. The number of ether oxygens (including phenoxy) is 1. The van der Waals surface area contributed by atoms with Crippen molar-refractivity contribution in [3.63, 3.8) is 0 Å². The van der Waals surface area contributed by atoms with E-state index in [0.29, 0.717) is 24.6 Å². The summed E-state index contributed by atoms with van der Waals surface area (Å²) in [7, 11) is 1.90. The minimum Gasteiger partial charge on any atom is -0.468 e. The minimum absolute atomic E-state index is 0.0791. The first-order valence-corrected chi connectivity index (χ1v) is 8.85. The summed E-state index contributed by atoms with van der Waals surface area (Å²) in [6.07, 6.45) is -3.00. The van der Waals surface area contributed by atoms with Crippen molar-refractivity contribution in [2.24, 2.45) is 12.0 Å². The Labute approximate surface area is 162 Å². The van der Waals surface area contributed by atoms with Crippen molar-refractivity contribution in [1.29, 1.82) is 0 Å². The van der Waals surface area contributed by atoms with Crippen LogP contribution in [0.4, 0.5) is 13.2 Å². The number of aromatic nitrogens is 3. The molecule has 28 heavy (non-hydrogen) atoms. The van der Waals surface area contributed by atoms with E-state index in [4.69, 9.17) is 0 Å². The monoisotopic (exact) mass is 398 g/mol. The average molecular weight is 398 g/mol. The first-order valence-electron chi connectivity index (χ1n) is 8.85. The van der Waals surface area contributed by atoms with Gasteiger partial charge in [-0.1, -0.05) is 0 Å². The van der Waals surface area contributed by atoms with Gasteiger partial charge < -0.3 is 15.4 Å². The molecular weight excluding hydrogens is 373 g/mol. The summed E-state index contributed by atoms with van der Waals surface area (Å²) in [5.74, 6) is 0.518. The van der Waals surface area contributed by atoms with Gasteiger partial charge in [-0.3, -0.25) is 4.68 Å². The van der Waals surface area contributed by atoms with Crippen molar-refractivity contribution >= 4 is 5.96 Å². The van der Waals surface area contributed by atoms with E-state index in [9.17, 15) is 13.2 Å². The maximum Gasteiger partial charge on any atom is 0.422 e. The van der Waals surface area contributed by atoms with Crippen LogP contribution in [0.5, 0.6) is 5.88 Å². The van der Waals surface area contributed by atoms with E-state index in [1.54, 1.807) is 6.07 Å². The number of nitrogens with one attached hydrogen (secondary N) is 2. The number of guanidine groups is 1. The Morgan fingerprint density at radius 3 is 2.64 bits per heavy atom. The van der Waals surface area contributed by atoms with Crippen molar-refractivity contribution in [3.05, 3.63) is 40.8 Å². The van der Waals surface area contributed by atoms with Crippen molar-refractivity contribution in [3.8, 4) is 5.88 Å². The van der Waals surface area contributed by atoms with Gasteiger partial charge in [-0.05, 0) is 32.4 Å². The van der Waals surface area contributed by atoms with Crippen molar-refractivity contribution in [2.75, 3.05) is 13.2 Å². The summed E-state index contributed by atoms with van der Waals surface area (Å²) in [6, 6.07) is 3.14. The Hall–Kier alpha value is -2.78. The predicted octanol–water partition coefficient (Wildman–Crippen LogP) is 2.63. The molecule has 2 aromatic heterocycles. The fraction of sp³-hybridized carbons (Fsp3) is 0.500. The Bertz CT molecular complexity index is 816. The molecule has 0 spiro atoms. The highest BCUT2D eigenvalue weighted by Crippen LogP contribution is 2.18. The number of alkyl halides is 3. The van der Waals surface area contributed by atoms with E-state index in [1.807, 2.05) is 32.5 Å². The zero-order chi connectivity index (χ0) is 20.7. The summed E-state index contributed by atoms with van der Waals surface area (Å²) in [6.45, 7) is 6.04. The average Bonchev–Trinajstić information content (AvgIpc) is 2.87. The van der Waals surface area contributed by atoms with Crippen LogP contribution < -0.4 is 15.4 Å². The molecule has 2 N–H and O–H groups in total. The molecule has 2 rings (SSSR count). The van der Waals surface area contributed by atoms with Crippen molar-refractivity contribution in [2.45, 2.75) is 40.0 Å². The summed E-state index contributed by atoms with van der Waals surface area (Å²) in [5.41, 5.74) is 3.81. The molecule has 0 atom stereocenters. The van der Waals surface area contributed by atoms with Crippen LogP contribution in [0, 0.1) is 13.8 Å². The van der Waals surface area contributed by atoms with Gasteiger partial charge in [0.2, 0.25) is 5.88 Å². The van der Waals surface area contributed by atoms with Crippen LogP contribution in [0.1, 0.15) is 29.4 Å². The number of aliphatic imine (C=N–C) groups is 1. The quantitative estimate of drug-likeness (QED) is 0.554. The lowest BCUT2D eigenvalue weighted by Gasteiger charge is -2.12. The SMILES string of the molecule is CCNC(=NCc1ccnc(OCC(F)(F)F)c1)NCc1c(C)nn(C)c1C. The standard InChI is InChI=1S/C18H25F3N6O/c1-5-22-17(25-10-15-12(2)26-27(4)13(15)3)24-9-14-6-7-23-16(8-14)28-11-18(19,20)21/h6-8H,5,9-11H2,1-4H3,(H2,22,24,25). The van der Waals surface area contributed by atoms with E-state index in [0.717, 1.165) is 17.0 Å². The van der Waals surface area contributed by atoms with Crippen LogP contribution in [0.25, 0.3) is 0 Å². The maximum absolute atomic E-state index is 12.3. The van der Waals surface area contributed by atoms with Crippen LogP contribution in [0.2, 0.25) is 0 Å². The number of nitrogens with zero attached hydrogens (tertiary/aromatic N) is 4. The van der Waals surface area contributed by atoms with Gasteiger partial charge in [0.1, 0.15) is 0 Å². The van der Waals surface area contributed by atoms with Crippen LogP contribution in [0.3, 0.4) is 0 Å². The first-order chi connectivity index (χ1) is 13.2. The third-order valence-electron chi connectivity index (χ3n) is 4.04. The second-order valence-electron chi connectivity index (χ2n) is 6.23. The molecule has 10 heteroatoms. The Kier molecular flexibility index (Phi) is 7.24. The Morgan fingerprint density at radius 1 is 1.29 bits per heavy atom. The molecule has 7 nitrogen and oxygen atoms in total. The lowest BCUT2D eigenvalue weighted by atomic mass is 10.2. The molecule has 0 bridgehead atoms. The molecule has 2 aromatic rings. The Morgan fingerprint density at radius 2 is 2.04 bits per heavy atom. The largest absolute Gasteiger partial charge is 0.468 e. The fourth-order valence-electron chi connectivity index (χ4n) is 2.54. The predicted molar refractivity (Wildman–Crippen MR) is 100 cm³/mol. The zero-order valence-corrected chi connectivity index (χ0v) is 16.4. The van der Waals surface area contributed by atoms with Gasteiger partial charge in [0.05, 0.1) is 12.2 Å². The molecule has 154 valence electrons. The molecular formula is C18H25F3N6O. The summed E-state index contributed by atoms with van der Waals surface area (Å²) < 4.78 is 43.3. The van der Waals surface area contributed by atoms with Gasteiger partial charge in [-0.25, -0.2) is 9.98 Å². The fourth-order valence-corrected chi connectivity index (χ4v) is 2.54. The molecule has 0 unspecified atom stereocenters. The first kappa shape index (κ1) is 21.5. The van der Waals surface area contributed by atoms with Crippen molar-refractivity contribution in [1.82, 2.24) is 25.4 Å². The van der Waals surface area contributed by atoms with Gasteiger partial charge in [0.15, 0.2) is 12.6 Å². The van der Waals surface area contributed by atoms with E-state index in [2.05, 4.69) is 30.4 Å². The molecule has 0 saturated carbocycles. The topological polar surface area (TPSA) is 76.4 Å². The minimum atomic E-state index is -4.40. The summed E-state index contributed by atoms with van der Waals surface area (Å²) in [4.78, 5) is 8.27. The molecule has 0 radical (unpaired) electrons. The van der Waals surface area contributed by atoms with E-state index < -0.39 is 12.8 Å². The second kappa shape index (κ2) is 9.43. The maximum atomic E-state index is 12.3. The van der Waals surface area contributed by atoms with Gasteiger partial charge in [0.25, 0.3) is 0 Å². The second-order valence-corrected chi connectivity index (χ2v) is 6.23. The van der Waals surface area contributed by atoms with Crippen molar-refractivity contribution < 1.29 is 17.9 Å². The molecule has 0 aliphatic carbocycles. The van der Waals surface area contributed by atoms with Crippen LogP contribution in [-0.2, 0) is 20.1 Å². The van der Waals surface area contributed by atoms with E-state index in [1.165, 1.54) is 12.3 Å². The smallest absolute Gasteiger partial charge is 0.422 e. The Balaban J connectivity index is 2.02. The number of hydrogen-bond donors (Lipinski definition) is 2. The number of halogens is 3. The third kappa shape index (κ3) is 6.43. The van der Waals surface area contributed by atoms with Gasteiger partial charge in [0, 0.05) is 43.7 Å². The molecule has 0 fully saturated rings. The highest BCUT2D eigenvalue weighted by molar-refractivity contribution is 5.79. The molecule has 0 aliphatic heterocycles. The van der Waals surface area contributed by atoms with Crippen LogP contribution >= 0.6 is 0 Å². The highest BCUT2D eigenvalue weighted by Gasteiger charge is 2.28. The lowest BCUT2D eigenvalue weighted by molar-refractivity contribution is -0.154. The zero-order valence-electron chi connectivity index (χ0n) is 16.4. The van der Waals surface area contributed by atoms with E-state index >= 15 is 0 Å². The number of hydrogen-bond acceptors (Lipinski definition) is 4. The highest BCUT2D eigenvalue weighted by atomic mass is 19.4. The van der Waals surface area contributed by atoms with Crippen LogP contribution in [0.15, 0.2) is 23.3 Å².